The fourth-order valence-electron chi connectivity index (χ4n) is 2.89. The molecule has 1 unspecified atom stereocenters. The van der Waals surface area contributed by atoms with Crippen molar-refractivity contribution in [3.8, 4) is 0 Å². The zero-order valence-corrected chi connectivity index (χ0v) is 26.0. The number of nitrogens with one attached hydrogen (secondary N) is 1. The average Bonchev–Trinajstić information content (AvgIpc) is 2.87. The Bertz CT molecular complexity index is 912. The van der Waals surface area contributed by atoms with E-state index in [0.717, 1.165) is 6.42 Å². The molecule has 5 N–H and O–H groups in total. The van der Waals surface area contributed by atoms with E-state index in [2.05, 4.69) is 28.9 Å². The normalized spacial score (nSPS) is 13.6. The van der Waals surface area contributed by atoms with E-state index in [1.165, 1.54) is 57.1 Å². The Labute approximate surface area is 246 Å². The molecule has 0 fully saturated rings. The molecule has 0 saturated carbocycles. The minimum Gasteiger partial charge on any atom is -0.480 e. The molecule has 0 aliphatic carbocycles. The number of carbonyl (C=O) groups excluding carboxylic acids is 1. The van der Waals surface area contributed by atoms with Crippen molar-refractivity contribution in [3.63, 3.8) is 0 Å². The maximum Gasteiger partial charge on any atom is 0.469 e. The Hall–Kier alpha value is -2.59. The lowest BCUT2D eigenvalue weighted by atomic mass is 10.1. The van der Waals surface area contributed by atoms with Crippen LogP contribution in [0.4, 0.5) is 0 Å². The van der Waals surface area contributed by atoms with Crippen LogP contribution < -0.4 is 5.32 Å². The van der Waals surface area contributed by atoms with Gasteiger partial charge in [-0.05, 0) is 12.8 Å². The van der Waals surface area contributed by atoms with Gasteiger partial charge in [-0.15, -0.1) is 0 Å². The van der Waals surface area contributed by atoms with Gasteiger partial charge >= 0.3 is 13.8 Å². The average molecular weight is 600 g/mol. The Kier molecular flexibility index (Phi) is 26.0. The quantitative estimate of drug-likeness (QED) is 0.0414. The smallest absolute Gasteiger partial charge is 0.469 e. The van der Waals surface area contributed by atoms with E-state index in [1.54, 1.807) is 12.2 Å². The van der Waals surface area contributed by atoms with E-state index in [0.29, 0.717) is 11.0 Å². The van der Waals surface area contributed by atoms with Gasteiger partial charge in [-0.2, -0.15) is 0 Å². The number of nitrogens with zero attached hydrogens (tertiary/aromatic N) is 1. The molecule has 0 heterocycles. The summed E-state index contributed by atoms with van der Waals surface area (Å²) in [5.41, 5.74) is 0. The summed E-state index contributed by atoms with van der Waals surface area (Å²) >= 11 is 0. The summed E-state index contributed by atoms with van der Waals surface area (Å²) < 4.78 is 15.1. The summed E-state index contributed by atoms with van der Waals surface area (Å²) in [7, 11) is 1.50. The van der Waals surface area contributed by atoms with Gasteiger partial charge in [0, 0.05) is 6.08 Å². The van der Waals surface area contributed by atoms with Crippen molar-refractivity contribution in [1.29, 1.82) is 0 Å². The van der Waals surface area contributed by atoms with Gasteiger partial charge in [-0.1, -0.05) is 112 Å². The highest BCUT2D eigenvalue weighted by Crippen LogP contribution is 2.35. The lowest BCUT2D eigenvalue weighted by molar-refractivity contribution is -0.870. The van der Waals surface area contributed by atoms with Gasteiger partial charge in [-0.25, -0.2) is 9.36 Å². The van der Waals surface area contributed by atoms with Crippen LogP contribution in [0.3, 0.4) is 0 Å². The number of phosphoric ester groups is 1. The molecule has 0 saturated heterocycles. The van der Waals surface area contributed by atoms with Crippen LogP contribution in [0, 0.1) is 0 Å². The van der Waals surface area contributed by atoms with Crippen LogP contribution >= 0.6 is 7.82 Å². The Morgan fingerprint density at radius 2 is 1.32 bits per heavy atom. The van der Waals surface area contributed by atoms with Crippen molar-refractivity contribution in [2.24, 2.45) is 0 Å². The van der Waals surface area contributed by atoms with Crippen LogP contribution in [-0.2, 0) is 18.7 Å². The van der Waals surface area contributed by atoms with E-state index in [-0.39, 0.29) is 6.61 Å². The first-order chi connectivity index (χ1) is 19.3. The maximum absolute atomic E-state index is 11.5. The molecule has 1 atom stereocenters. The molecule has 0 aliphatic heterocycles. The Balaban J connectivity index is 0. The number of amides is 1. The van der Waals surface area contributed by atoms with E-state index < -0.39 is 32.3 Å². The zero-order chi connectivity index (χ0) is 31.4. The second-order valence-corrected chi connectivity index (χ2v) is 11.4. The Morgan fingerprint density at radius 1 is 0.829 bits per heavy atom. The summed E-state index contributed by atoms with van der Waals surface area (Å²) in [6.07, 6.45) is 32.4. The minimum atomic E-state index is -4.26. The summed E-state index contributed by atoms with van der Waals surface area (Å²) in [6.45, 7) is 2.25. The molecule has 0 aromatic heterocycles. The summed E-state index contributed by atoms with van der Waals surface area (Å²) in [5.74, 6) is -1.85. The fourth-order valence-corrected chi connectivity index (χ4v) is 3.21. The number of rotatable bonds is 21. The molecule has 0 spiro atoms. The number of aliphatic carboxylic acids is 1. The third-order valence-corrected chi connectivity index (χ3v) is 5.70. The van der Waals surface area contributed by atoms with Crippen LogP contribution in [0.2, 0.25) is 0 Å². The summed E-state index contributed by atoms with van der Waals surface area (Å²) in [4.78, 5) is 38.7. The van der Waals surface area contributed by atoms with Crippen LogP contribution in [0.1, 0.15) is 58.3 Å². The number of aliphatic hydroxyl groups is 1. The number of allylic oxidation sites excluding steroid dienone is 11. The molecule has 0 aromatic carbocycles. The minimum absolute atomic E-state index is 0.0772. The first-order valence-corrected chi connectivity index (χ1v) is 15.5. The van der Waals surface area contributed by atoms with E-state index >= 15 is 0 Å². The molecule has 0 aliphatic rings. The molecule has 0 aromatic rings. The molecular weight excluding hydrogens is 547 g/mol. The van der Waals surface area contributed by atoms with Crippen LogP contribution in [0.5, 0.6) is 0 Å². The Morgan fingerprint density at radius 3 is 1.78 bits per heavy atom. The predicted octanol–water partition coefficient (Wildman–Crippen LogP) is 4.83. The van der Waals surface area contributed by atoms with Crippen molar-refractivity contribution in [2.75, 3.05) is 40.9 Å². The number of quaternary nitrogens is 1. The topological polar surface area (TPSA) is 153 Å². The first-order valence-electron chi connectivity index (χ1n) is 14.0. The monoisotopic (exact) mass is 599 g/mol. The maximum atomic E-state index is 11.5. The molecule has 10 nitrogen and oxygen atoms in total. The molecule has 11 heteroatoms. The molecule has 0 rings (SSSR count). The number of unbranched alkanes of at least 4 members (excludes halogenated alkanes) is 7. The van der Waals surface area contributed by atoms with Crippen molar-refractivity contribution in [1.82, 2.24) is 5.32 Å². The fraction of sp³-hybridized carbons (Fsp3) is 0.533. The molecule has 0 bridgehead atoms. The van der Waals surface area contributed by atoms with E-state index in [9.17, 15) is 14.2 Å². The van der Waals surface area contributed by atoms with Gasteiger partial charge in [0.25, 0.3) is 0 Å². The predicted molar refractivity (Wildman–Crippen MR) is 165 cm³/mol. The number of carbonyl (C=O) groups is 2. The van der Waals surface area contributed by atoms with Gasteiger partial charge < -0.3 is 29.8 Å². The number of likely N-dealkylation sites (N-methyl/N-ethyl adjacent to an activating group) is 1. The lowest BCUT2D eigenvalue weighted by Gasteiger charge is -2.23. The number of hydrogen-bond donors (Lipinski definition) is 5. The molecular formula is C30H52N2O8P+. The van der Waals surface area contributed by atoms with E-state index in [4.69, 9.17) is 20.0 Å². The molecule has 0 radical (unpaired) electrons. The molecule has 234 valence electrons. The third kappa shape index (κ3) is 35.4. The largest absolute Gasteiger partial charge is 0.480 e. The zero-order valence-electron chi connectivity index (χ0n) is 25.1. The highest BCUT2D eigenvalue weighted by atomic mass is 31.2. The van der Waals surface area contributed by atoms with Gasteiger partial charge in [0.15, 0.2) is 6.04 Å². The van der Waals surface area contributed by atoms with Crippen molar-refractivity contribution < 1.29 is 43.2 Å². The highest BCUT2D eigenvalue weighted by molar-refractivity contribution is 7.46. The number of aliphatic hydroxyl groups excluding tert-OH is 1. The number of phosphoric acid groups is 1. The van der Waals surface area contributed by atoms with Crippen molar-refractivity contribution >= 4 is 19.7 Å². The lowest BCUT2D eigenvalue weighted by Crippen LogP contribution is -2.42. The second-order valence-electron chi connectivity index (χ2n) is 10.2. The van der Waals surface area contributed by atoms with Gasteiger partial charge in [0.2, 0.25) is 5.91 Å². The second kappa shape index (κ2) is 26.3. The third-order valence-electron chi connectivity index (χ3n) is 5.18. The SMILES string of the molecule is CCCCCCCCCC=CC=CC=CC=CC=CC=CC(=O)NC(CO)C(=O)O.C[N+](C)(C)CCOP(=O)(O)O. The van der Waals surface area contributed by atoms with E-state index in [1.807, 2.05) is 57.6 Å². The number of carboxylic acid groups (broad SMARTS) is 1. The molecule has 1 amide bonds. The van der Waals surface area contributed by atoms with Crippen molar-refractivity contribution in [3.05, 3.63) is 72.9 Å². The highest BCUT2D eigenvalue weighted by Gasteiger charge is 2.17. The van der Waals surface area contributed by atoms with Crippen LogP contribution in [-0.4, -0.2) is 83.3 Å². The van der Waals surface area contributed by atoms with Crippen molar-refractivity contribution in [2.45, 2.75) is 64.3 Å². The summed E-state index contributed by atoms with van der Waals surface area (Å²) in [5, 5.41) is 19.7. The van der Waals surface area contributed by atoms with Gasteiger partial charge in [-0.3, -0.25) is 9.32 Å². The first kappa shape index (κ1) is 40.5. The standard InChI is InChI=1S/C25H37NO4.C5H14NO4P/c1-2-3-4-5-6-7-8-9-10-11-12-13-14-15-16-17-18-19-20-21-24(28)26-23(22-27)25(29)30;1-6(2,3)4-5-10-11(7,8)9/h10-21,23,27H,2-9,22H2,1H3,(H,26,28)(H,29,30);4-5H2,1-3H3,(H-,7,8,9)/p+1. The number of hydrogen-bond acceptors (Lipinski definition) is 5. The van der Waals surface area contributed by atoms with Crippen LogP contribution in [0.25, 0.3) is 0 Å². The van der Waals surface area contributed by atoms with Gasteiger partial charge in [0.1, 0.15) is 13.2 Å². The number of carboxylic acids is 1. The molecule has 41 heavy (non-hydrogen) atoms. The van der Waals surface area contributed by atoms with Gasteiger partial charge in [0.05, 0.1) is 27.7 Å². The van der Waals surface area contributed by atoms with Crippen LogP contribution in [0.15, 0.2) is 72.9 Å². The summed E-state index contributed by atoms with van der Waals surface area (Å²) in [6, 6.07) is -1.29.